The number of hydrogen-bond donors (Lipinski definition) is 1. The number of pyridine rings is 1. The van der Waals surface area contributed by atoms with E-state index in [2.05, 4.69) is 11.9 Å². The van der Waals surface area contributed by atoms with Crippen molar-refractivity contribution < 1.29 is 4.79 Å². The number of thiocarbonyl (C=S) groups is 1. The van der Waals surface area contributed by atoms with Gasteiger partial charge in [-0.05, 0) is 18.6 Å². The zero-order chi connectivity index (χ0) is 14.8. The summed E-state index contributed by atoms with van der Waals surface area (Å²) >= 11 is 4.90. The highest BCUT2D eigenvalue weighted by Crippen LogP contribution is 2.08. The molecule has 0 saturated carbocycles. The Kier molecular flexibility index (Phi) is 7.80. The maximum absolute atomic E-state index is 12.4. The third kappa shape index (κ3) is 6.10. The molecule has 0 atom stereocenters. The van der Waals surface area contributed by atoms with E-state index in [-0.39, 0.29) is 5.91 Å². The molecule has 0 saturated heterocycles. The van der Waals surface area contributed by atoms with Crippen molar-refractivity contribution in [1.82, 2.24) is 9.88 Å². The first-order valence-electron chi connectivity index (χ1n) is 7.12. The molecule has 5 heteroatoms. The van der Waals surface area contributed by atoms with Crippen LogP contribution >= 0.6 is 12.2 Å². The van der Waals surface area contributed by atoms with Crippen LogP contribution in [0.2, 0.25) is 0 Å². The zero-order valence-corrected chi connectivity index (χ0v) is 12.9. The summed E-state index contributed by atoms with van der Waals surface area (Å²) in [4.78, 5) is 18.7. The van der Waals surface area contributed by atoms with Crippen molar-refractivity contribution >= 4 is 23.1 Å². The van der Waals surface area contributed by atoms with Gasteiger partial charge in [-0.25, -0.2) is 0 Å². The molecule has 0 aliphatic heterocycles. The zero-order valence-electron chi connectivity index (χ0n) is 12.0. The molecule has 0 aromatic carbocycles. The van der Waals surface area contributed by atoms with Gasteiger partial charge in [0.05, 0.1) is 10.6 Å². The highest BCUT2D eigenvalue weighted by atomic mass is 32.1. The molecule has 1 heterocycles. The van der Waals surface area contributed by atoms with Crippen molar-refractivity contribution in [3.05, 3.63) is 30.1 Å². The van der Waals surface area contributed by atoms with E-state index in [4.69, 9.17) is 18.0 Å². The highest BCUT2D eigenvalue weighted by molar-refractivity contribution is 7.80. The Bertz CT molecular complexity index is 422. The fraction of sp³-hybridized carbons (Fsp3) is 0.533. The quantitative estimate of drug-likeness (QED) is 0.562. The molecule has 0 fully saturated rings. The molecule has 1 amide bonds. The van der Waals surface area contributed by atoms with Gasteiger partial charge in [-0.3, -0.25) is 9.78 Å². The summed E-state index contributed by atoms with van der Waals surface area (Å²) < 4.78 is 0. The van der Waals surface area contributed by atoms with E-state index in [0.29, 0.717) is 23.5 Å². The lowest BCUT2D eigenvalue weighted by molar-refractivity contribution is 0.0756. The second-order valence-corrected chi connectivity index (χ2v) is 5.34. The first-order valence-corrected chi connectivity index (χ1v) is 7.53. The fourth-order valence-electron chi connectivity index (χ4n) is 1.96. The highest BCUT2D eigenvalue weighted by Gasteiger charge is 2.15. The standard InChI is InChI=1S/C15H23N3OS/c1-2-3-4-5-10-18(11-8-14(16)20)15(19)13-7-6-9-17-12-13/h6-7,9,12H,2-5,8,10-11H2,1H3,(H2,16,20). The van der Waals surface area contributed by atoms with Crippen LogP contribution in [-0.4, -0.2) is 33.9 Å². The van der Waals surface area contributed by atoms with Crippen molar-refractivity contribution in [2.45, 2.75) is 39.0 Å². The van der Waals surface area contributed by atoms with Gasteiger partial charge in [0.2, 0.25) is 0 Å². The number of aromatic nitrogens is 1. The molecule has 0 spiro atoms. The van der Waals surface area contributed by atoms with Crippen molar-refractivity contribution in [2.24, 2.45) is 5.73 Å². The molecular weight excluding hydrogens is 270 g/mol. The Morgan fingerprint density at radius 2 is 2.15 bits per heavy atom. The molecule has 1 rings (SSSR count). The predicted octanol–water partition coefficient (Wildman–Crippen LogP) is 2.78. The van der Waals surface area contributed by atoms with Crippen molar-refractivity contribution in [2.75, 3.05) is 13.1 Å². The summed E-state index contributed by atoms with van der Waals surface area (Å²) in [7, 11) is 0. The van der Waals surface area contributed by atoms with Crippen molar-refractivity contribution in [3.63, 3.8) is 0 Å². The molecule has 0 aliphatic carbocycles. The van der Waals surface area contributed by atoms with Gasteiger partial charge >= 0.3 is 0 Å². The average Bonchev–Trinajstić information content (AvgIpc) is 2.46. The van der Waals surface area contributed by atoms with Gasteiger partial charge in [-0.1, -0.05) is 38.4 Å². The molecule has 0 unspecified atom stereocenters. The normalized spacial score (nSPS) is 10.2. The summed E-state index contributed by atoms with van der Waals surface area (Å²) in [6, 6.07) is 3.56. The Balaban J connectivity index is 2.60. The molecule has 0 radical (unpaired) electrons. The monoisotopic (exact) mass is 293 g/mol. The van der Waals surface area contributed by atoms with Crippen LogP contribution in [-0.2, 0) is 0 Å². The molecule has 0 aliphatic rings. The van der Waals surface area contributed by atoms with Crippen LogP contribution in [0, 0.1) is 0 Å². The Morgan fingerprint density at radius 1 is 1.35 bits per heavy atom. The number of nitrogens with two attached hydrogens (primary N) is 1. The van der Waals surface area contributed by atoms with Crippen molar-refractivity contribution in [1.29, 1.82) is 0 Å². The first kappa shape index (κ1) is 16.6. The number of carbonyl (C=O) groups is 1. The lowest BCUT2D eigenvalue weighted by atomic mass is 10.1. The smallest absolute Gasteiger partial charge is 0.255 e. The third-order valence-electron chi connectivity index (χ3n) is 3.11. The van der Waals surface area contributed by atoms with E-state index < -0.39 is 0 Å². The van der Waals surface area contributed by atoms with Gasteiger partial charge in [0.25, 0.3) is 5.91 Å². The molecular formula is C15H23N3OS. The predicted molar refractivity (Wildman–Crippen MR) is 85.7 cm³/mol. The van der Waals surface area contributed by atoms with E-state index in [1.165, 1.54) is 12.8 Å². The van der Waals surface area contributed by atoms with E-state index in [1.54, 1.807) is 24.5 Å². The van der Waals surface area contributed by atoms with Crippen LogP contribution in [0.1, 0.15) is 49.4 Å². The third-order valence-corrected chi connectivity index (χ3v) is 3.31. The minimum absolute atomic E-state index is 0.00542. The van der Waals surface area contributed by atoms with E-state index >= 15 is 0 Å². The van der Waals surface area contributed by atoms with Gasteiger partial charge in [0, 0.05) is 31.9 Å². The number of hydrogen-bond acceptors (Lipinski definition) is 3. The van der Waals surface area contributed by atoms with E-state index in [0.717, 1.165) is 19.4 Å². The van der Waals surface area contributed by atoms with Gasteiger partial charge in [0.15, 0.2) is 0 Å². The minimum Gasteiger partial charge on any atom is -0.393 e. The molecule has 1 aromatic rings. The van der Waals surface area contributed by atoms with Crippen LogP contribution in [0.3, 0.4) is 0 Å². The number of unbranched alkanes of at least 4 members (excludes halogenated alkanes) is 3. The second-order valence-electron chi connectivity index (χ2n) is 4.81. The van der Waals surface area contributed by atoms with Gasteiger partial charge in [-0.15, -0.1) is 0 Å². The molecule has 0 bridgehead atoms. The summed E-state index contributed by atoms with van der Waals surface area (Å²) in [5.74, 6) is 0.00542. The van der Waals surface area contributed by atoms with Crippen LogP contribution in [0.25, 0.3) is 0 Å². The van der Waals surface area contributed by atoms with Gasteiger partial charge in [-0.2, -0.15) is 0 Å². The molecule has 2 N–H and O–H groups in total. The van der Waals surface area contributed by atoms with Crippen molar-refractivity contribution in [3.8, 4) is 0 Å². The number of rotatable bonds is 9. The molecule has 20 heavy (non-hydrogen) atoms. The Morgan fingerprint density at radius 3 is 2.75 bits per heavy atom. The number of carbonyl (C=O) groups excluding carboxylic acids is 1. The minimum atomic E-state index is 0.00542. The van der Waals surface area contributed by atoms with Gasteiger partial charge in [0.1, 0.15) is 0 Å². The summed E-state index contributed by atoms with van der Waals surface area (Å²) in [5, 5.41) is 0. The van der Waals surface area contributed by atoms with Crippen LogP contribution in [0.4, 0.5) is 0 Å². The lowest BCUT2D eigenvalue weighted by Crippen LogP contribution is -2.34. The summed E-state index contributed by atoms with van der Waals surface area (Å²) in [6.45, 7) is 3.50. The maximum atomic E-state index is 12.4. The van der Waals surface area contributed by atoms with E-state index in [9.17, 15) is 4.79 Å². The van der Waals surface area contributed by atoms with Crippen LogP contribution in [0.15, 0.2) is 24.5 Å². The topological polar surface area (TPSA) is 59.2 Å². The second kappa shape index (κ2) is 9.42. The van der Waals surface area contributed by atoms with Crippen LogP contribution < -0.4 is 5.73 Å². The summed E-state index contributed by atoms with van der Waals surface area (Å²) in [5.41, 5.74) is 6.15. The summed E-state index contributed by atoms with van der Waals surface area (Å²) in [6.07, 6.45) is 8.36. The van der Waals surface area contributed by atoms with Gasteiger partial charge < -0.3 is 10.6 Å². The first-order chi connectivity index (χ1) is 9.65. The van der Waals surface area contributed by atoms with E-state index in [1.807, 2.05) is 4.90 Å². The Labute approximate surface area is 126 Å². The largest absolute Gasteiger partial charge is 0.393 e. The fourth-order valence-corrected chi connectivity index (χ4v) is 2.05. The molecule has 110 valence electrons. The molecule has 1 aromatic heterocycles. The maximum Gasteiger partial charge on any atom is 0.255 e. The SMILES string of the molecule is CCCCCCN(CCC(N)=S)C(=O)c1cccnc1. The average molecular weight is 293 g/mol. The van der Waals surface area contributed by atoms with Crippen LogP contribution in [0.5, 0.6) is 0 Å². The number of amides is 1. The number of nitrogens with zero attached hydrogens (tertiary/aromatic N) is 2. The Hall–Kier alpha value is -1.49. The lowest BCUT2D eigenvalue weighted by Gasteiger charge is -2.22. The molecule has 4 nitrogen and oxygen atoms in total.